The summed E-state index contributed by atoms with van der Waals surface area (Å²) in [6, 6.07) is 11.7. The van der Waals surface area contributed by atoms with Crippen molar-refractivity contribution in [3.63, 3.8) is 0 Å². The van der Waals surface area contributed by atoms with Crippen molar-refractivity contribution in [1.82, 2.24) is 4.68 Å². The first-order valence-corrected chi connectivity index (χ1v) is 11.0. The third kappa shape index (κ3) is 2.88. The number of rotatable bonds is 3. The van der Waals surface area contributed by atoms with Gasteiger partial charge in [0.15, 0.2) is 5.84 Å². The van der Waals surface area contributed by atoms with Crippen LogP contribution in [-0.4, -0.2) is 30.8 Å². The molecule has 1 aliphatic heterocycles. The fourth-order valence-electron chi connectivity index (χ4n) is 3.69. The van der Waals surface area contributed by atoms with Gasteiger partial charge in [-0.25, -0.2) is 4.68 Å². The van der Waals surface area contributed by atoms with Gasteiger partial charge in [0, 0.05) is 17.1 Å². The van der Waals surface area contributed by atoms with Gasteiger partial charge in [-0.2, -0.15) is 0 Å². The molecule has 2 aromatic carbocycles. The first-order chi connectivity index (χ1) is 14.3. The van der Waals surface area contributed by atoms with E-state index >= 15 is 0 Å². The van der Waals surface area contributed by atoms with Crippen molar-refractivity contribution in [2.45, 2.75) is 30.2 Å². The van der Waals surface area contributed by atoms with Gasteiger partial charge in [-0.1, -0.05) is 22.9 Å². The van der Waals surface area contributed by atoms with Gasteiger partial charge >= 0.3 is 0 Å². The third-order valence-corrected chi connectivity index (χ3v) is 6.84. The summed E-state index contributed by atoms with van der Waals surface area (Å²) in [6.07, 6.45) is 2.99. The van der Waals surface area contributed by atoms with Crippen LogP contribution in [0, 0.1) is 0 Å². The molecule has 0 spiro atoms. The molecule has 10 heteroatoms. The molecule has 1 aliphatic carbocycles. The quantitative estimate of drug-likeness (QED) is 0.352. The highest BCUT2D eigenvalue weighted by molar-refractivity contribution is 8.23. The lowest BCUT2D eigenvalue weighted by Crippen LogP contribution is -2.42. The van der Waals surface area contributed by atoms with Crippen LogP contribution in [0.25, 0.3) is 10.9 Å². The summed E-state index contributed by atoms with van der Waals surface area (Å²) in [5.74, 6) is -0.382. The molecule has 9 nitrogen and oxygen atoms in total. The average molecular weight is 427 g/mol. The Balaban J connectivity index is 1.72. The number of aromatic hydroxyl groups is 1. The second-order valence-corrected chi connectivity index (χ2v) is 9.14. The smallest absolute Gasteiger partial charge is 0.284 e. The number of nitrogens with zero attached hydrogens (tertiary/aromatic N) is 2. The van der Waals surface area contributed by atoms with Crippen molar-refractivity contribution in [3.05, 3.63) is 58.4 Å². The van der Waals surface area contributed by atoms with Gasteiger partial charge in [-0.05, 0) is 49.6 Å². The molecule has 2 heterocycles. The van der Waals surface area contributed by atoms with E-state index in [1.807, 2.05) is 0 Å². The van der Waals surface area contributed by atoms with E-state index in [4.69, 9.17) is 5.73 Å². The predicted molar refractivity (Wildman–Crippen MR) is 119 cm³/mol. The number of hydrogen-bond acceptors (Lipinski definition) is 8. The summed E-state index contributed by atoms with van der Waals surface area (Å²) in [5.41, 5.74) is 9.56. The molecule has 1 saturated carbocycles. The van der Waals surface area contributed by atoms with Crippen LogP contribution in [0.2, 0.25) is 0 Å². The fraction of sp³-hybridized carbons (Fsp3) is 0.200. The summed E-state index contributed by atoms with van der Waals surface area (Å²) < 4.78 is 26.6. The third-order valence-electron chi connectivity index (χ3n) is 5.48. The maximum Gasteiger partial charge on any atom is 0.284 e. The topological polar surface area (TPSA) is 145 Å². The van der Waals surface area contributed by atoms with Gasteiger partial charge < -0.3 is 21.6 Å². The van der Waals surface area contributed by atoms with Crippen LogP contribution in [-0.2, 0) is 0 Å². The number of amidine groups is 1. The monoisotopic (exact) mass is 427 g/mol. The molecule has 7 N–H and O–H groups in total. The number of nitrogen functional groups attached to an aromatic ring is 1. The van der Waals surface area contributed by atoms with Gasteiger partial charge in [0.05, 0.1) is 11.2 Å². The largest absolute Gasteiger partial charge is 0.506 e. The number of fused-ring (bicyclic) bond motifs is 2. The molecule has 0 saturated heterocycles. The van der Waals surface area contributed by atoms with Crippen molar-refractivity contribution < 1.29 is 14.2 Å². The number of nitrogens with two attached hydrogens (primary N) is 1. The van der Waals surface area contributed by atoms with Crippen LogP contribution >= 0.6 is 10.8 Å². The molecule has 2 aliphatic rings. The molecule has 3 aromatic rings. The van der Waals surface area contributed by atoms with Crippen LogP contribution in [0.1, 0.15) is 24.8 Å². The van der Waals surface area contributed by atoms with Crippen LogP contribution < -0.4 is 22.0 Å². The van der Waals surface area contributed by atoms with Crippen LogP contribution in [0.3, 0.4) is 0 Å². The Hall–Kier alpha value is -3.21. The molecule has 5 rings (SSSR count). The molecule has 156 valence electrons. The fourth-order valence-corrected chi connectivity index (χ4v) is 4.89. The maximum atomic E-state index is 13.4. The predicted octanol–water partition coefficient (Wildman–Crippen LogP) is 3.28. The second-order valence-electron chi connectivity index (χ2n) is 7.48. The van der Waals surface area contributed by atoms with E-state index in [0.29, 0.717) is 22.3 Å². The van der Waals surface area contributed by atoms with E-state index in [1.54, 1.807) is 36.4 Å². The Kier molecular flexibility index (Phi) is 4.17. The van der Waals surface area contributed by atoms with Gasteiger partial charge in [-0.15, -0.1) is 4.40 Å². The van der Waals surface area contributed by atoms with Crippen LogP contribution in [0.15, 0.2) is 56.6 Å². The number of para-hydroxylation sites is 1. The minimum absolute atomic E-state index is 0.107. The molecule has 0 radical (unpaired) electrons. The molecular weight excluding hydrogens is 406 g/mol. The van der Waals surface area contributed by atoms with E-state index in [-0.39, 0.29) is 28.1 Å². The summed E-state index contributed by atoms with van der Waals surface area (Å²) in [5, 5.41) is 14.3. The Morgan fingerprint density at radius 3 is 2.70 bits per heavy atom. The summed E-state index contributed by atoms with van der Waals surface area (Å²) in [6.45, 7) is 0. The minimum atomic E-state index is -3.61. The zero-order valence-corrected chi connectivity index (χ0v) is 16.7. The van der Waals surface area contributed by atoms with Gasteiger partial charge in [-0.3, -0.25) is 13.9 Å². The summed E-state index contributed by atoms with van der Waals surface area (Å²) in [7, 11) is -3.61. The SMILES string of the molecule is Nc1ccc2c(c1)S(O)(O)N=C(c1c(O)c3ccccc3n(NC3CCC3)c1=O)N2. The number of hydrogen-bond donors (Lipinski definition) is 6. The van der Waals surface area contributed by atoms with Gasteiger partial charge in [0.25, 0.3) is 5.56 Å². The lowest BCUT2D eigenvalue weighted by molar-refractivity contribution is 0.414. The standard InChI is InChI=1S/C20H21N5O4S/c21-11-8-9-14-16(10-11)30(28,29)24-19(22-14)17-18(26)13-6-1-2-7-15(13)25(20(17)27)23-12-4-3-5-12/h1-2,6-10,12,23,26,28-29H,3-5,21H2,(H,22,24). The zero-order chi connectivity index (χ0) is 21.0. The highest BCUT2D eigenvalue weighted by Gasteiger charge is 2.31. The van der Waals surface area contributed by atoms with E-state index < -0.39 is 16.3 Å². The molecule has 30 heavy (non-hydrogen) atoms. The van der Waals surface area contributed by atoms with E-state index in [1.165, 1.54) is 10.7 Å². The Morgan fingerprint density at radius 2 is 1.97 bits per heavy atom. The first kappa shape index (κ1) is 18.8. The lowest BCUT2D eigenvalue weighted by Gasteiger charge is -2.34. The molecule has 0 unspecified atom stereocenters. The first-order valence-electron chi connectivity index (χ1n) is 9.53. The van der Waals surface area contributed by atoms with E-state index in [0.717, 1.165) is 19.3 Å². The number of aromatic nitrogens is 1. The molecule has 0 atom stereocenters. The highest BCUT2D eigenvalue weighted by atomic mass is 32.3. The maximum absolute atomic E-state index is 13.4. The Morgan fingerprint density at radius 1 is 1.20 bits per heavy atom. The van der Waals surface area contributed by atoms with E-state index in [2.05, 4.69) is 15.1 Å². The Labute approximate surface area is 173 Å². The minimum Gasteiger partial charge on any atom is -0.506 e. The van der Waals surface area contributed by atoms with Crippen molar-refractivity contribution in [3.8, 4) is 5.75 Å². The molecule has 1 fully saturated rings. The van der Waals surface area contributed by atoms with Crippen molar-refractivity contribution >= 4 is 38.9 Å². The average Bonchev–Trinajstić information content (AvgIpc) is 2.67. The molecule has 0 amide bonds. The summed E-state index contributed by atoms with van der Waals surface area (Å²) >= 11 is 0. The number of nitrogens with one attached hydrogen (secondary N) is 2. The van der Waals surface area contributed by atoms with E-state index in [9.17, 15) is 19.0 Å². The van der Waals surface area contributed by atoms with Crippen molar-refractivity contribution in [1.29, 1.82) is 0 Å². The molecular formula is C20H21N5O4S. The Bertz CT molecular complexity index is 1270. The second kappa shape index (κ2) is 6.66. The van der Waals surface area contributed by atoms with Gasteiger partial charge in [0.1, 0.15) is 16.2 Å². The highest BCUT2D eigenvalue weighted by Crippen LogP contribution is 2.56. The van der Waals surface area contributed by atoms with Gasteiger partial charge in [0.2, 0.25) is 0 Å². The number of benzene rings is 2. The van der Waals surface area contributed by atoms with Crippen LogP contribution in [0.5, 0.6) is 5.75 Å². The molecule has 0 bridgehead atoms. The molecule has 1 aromatic heterocycles. The number of pyridine rings is 1. The normalized spacial score (nSPS) is 18.7. The zero-order valence-electron chi connectivity index (χ0n) is 15.9. The van der Waals surface area contributed by atoms with Crippen LogP contribution in [0.4, 0.5) is 11.4 Å². The van der Waals surface area contributed by atoms with Crippen molar-refractivity contribution in [2.75, 3.05) is 16.5 Å². The summed E-state index contributed by atoms with van der Waals surface area (Å²) in [4.78, 5) is 13.5. The lowest BCUT2D eigenvalue weighted by atomic mass is 9.94. The van der Waals surface area contributed by atoms with Crippen molar-refractivity contribution in [2.24, 2.45) is 4.40 Å². The number of anilines is 2.